The van der Waals surface area contributed by atoms with Gasteiger partial charge < -0.3 is 5.32 Å². The van der Waals surface area contributed by atoms with Crippen molar-refractivity contribution in [2.75, 3.05) is 20.6 Å². The number of hydrogen-bond acceptors (Lipinski definition) is 3. The summed E-state index contributed by atoms with van der Waals surface area (Å²) in [6, 6.07) is 3.76. The van der Waals surface area contributed by atoms with Crippen molar-refractivity contribution in [2.24, 2.45) is 5.92 Å². The Hall–Kier alpha value is -0.430. The smallest absolute Gasteiger partial charge is 0.243 e. The van der Waals surface area contributed by atoms with Crippen molar-refractivity contribution in [1.29, 1.82) is 0 Å². The maximum Gasteiger partial charge on any atom is 0.243 e. The molecule has 1 saturated carbocycles. The Balaban J connectivity index is 2.38. The molecule has 0 heterocycles. The molecule has 20 heavy (non-hydrogen) atoms. The molecule has 1 aliphatic carbocycles. The minimum atomic E-state index is -3.43. The summed E-state index contributed by atoms with van der Waals surface area (Å²) in [5.74, 6) is 0.537. The predicted octanol–water partition coefficient (Wildman–Crippen LogP) is 2.51. The van der Waals surface area contributed by atoms with Crippen molar-refractivity contribution in [3.8, 4) is 0 Å². The third kappa shape index (κ3) is 3.42. The van der Waals surface area contributed by atoms with Gasteiger partial charge in [-0.1, -0.05) is 6.07 Å². The highest BCUT2D eigenvalue weighted by Gasteiger charge is 2.30. The summed E-state index contributed by atoms with van der Waals surface area (Å²) in [4.78, 5) is 0.367. The molecule has 4 nitrogen and oxygen atoms in total. The summed E-state index contributed by atoms with van der Waals surface area (Å²) in [5, 5.41) is 3.06. The van der Waals surface area contributed by atoms with Crippen LogP contribution in [0.5, 0.6) is 0 Å². The molecule has 0 unspecified atom stereocenters. The fourth-order valence-corrected chi connectivity index (χ4v) is 4.51. The first kappa shape index (κ1) is 15.9. The van der Waals surface area contributed by atoms with E-state index >= 15 is 0 Å². The van der Waals surface area contributed by atoms with Crippen LogP contribution in [0.25, 0.3) is 0 Å². The summed E-state index contributed by atoms with van der Waals surface area (Å²) in [6.45, 7) is 3.19. The first-order chi connectivity index (χ1) is 9.36. The van der Waals surface area contributed by atoms with Crippen molar-refractivity contribution >= 4 is 26.0 Å². The molecule has 0 spiro atoms. The lowest BCUT2D eigenvalue weighted by atomic mass is 10.1. The average molecular weight is 361 g/mol. The fourth-order valence-electron chi connectivity index (χ4n) is 2.23. The molecule has 0 bridgehead atoms. The van der Waals surface area contributed by atoms with Gasteiger partial charge in [0.1, 0.15) is 0 Å². The monoisotopic (exact) mass is 360 g/mol. The average Bonchev–Trinajstić information content (AvgIpc) is 3.17. The van der Waals surface area contributed by atoms with Crippen molar-refractivity contribution < 1.29 is 8.42 Å². The van der Waals surface area contributed by atoms with E-state index in [0.29, 0.717) is 28.4 Å². The van der Waals surface area contributed by atoms with E-state index in [2.05, 4.69) is 21.2 Å². The Kier molecular flexibility index (Phi) is 4.89. The molecule has 0 aliphatic heterocycles. The number of sulfonamides is 1. The van der Waals surface area contributed by atoms with Crippen LogP contribution in [0, 0.1) is 12.8 Å². The van der Waals surface area contributed by atoms with Crippen LogP contribution in [-0.2, 0) is 16.6 Å². The summed E-state index contributed by atoms with van der Waals surface area (Å²) in [6.07, 6.45) is 2.28. The molecular weight excluding hydrogens is 340 g/mol. The molecule has 1 aromatic rings. The van der Waals surface area contributed by atoms with Gasteiger partial charge in [0.2, 0.25) is 10.0 Å². The topological polar surface area (TPSA) is 49.4 Å². The summed E-state index contributed by atoms with van der Waals surface area (Å²) in [5.41, 5.74) is 1.92. The van der Waals surface area contributed by atoms with Gasteiger partial charge in [-0.25, -0.2) is 12.7 Å². The Morgan fingerprint density at radius 2 is 2.05 bits per heavy atom. The number of rotatable bonds is 6. The molecule has 0 saturated heterocycles. The van der Waals surface area contributed by atoms with Crippen LogP contribution in [-0.4, -0.2) is 33.4 Å². The van der Waals surface area contributed by atoms with Crippen LogP contribution >= 0.6 is 15.9 Å². The quantitative estimate of drug-likeness (QED) is 0.847. The summed E-state index contributed by atoms with van der Waals surface area (Å²) in [7, 11) is 0.0894. The molecule has 0 amide bonds. The van der Waals surface area contributed by atoms with Gasteiger partial charge >= 0.3 is 0 Å². The van der Waals surface area contributed by atoms with Crippen LogP contribution in [0.1, 0.15) is 24.0 Å². The molecule has 0 aromatic heterocycles. The van der Waals surface area contributed by atoms with Crippen molar-refractivity contribution in [1.82, 2.24) is 9.62 Å². The third-order valence-corrected chi connectivity index (χ3v) is 6.72. The van der Waals surface area contributed by atoms with Gasteiger partial charge in [0, 0.05) is 24.6 Å². The predicted molar refractivity (Wildman–Crippen MR) is 84.2 cm³/mol. The van der Waals surface area contributed by atoms with Gasteiger partial charge in [0.25, 0.3) is 0 Å². The fraction of sp³-hybridized carbons (Fsp3) is 0.571. The molecule has 6 heteroatoms. The Labute approximate surface area is 129 Å². The highest BCUT2D eigenvalue weighted by atomic mass is 79.9. The van der Waals surface area contributed by atoms with E-state index in [9.17, 15) is 8.42 Å². The lowest BCUT2D eigenvalue weighted by Crippen LogP contribution is -2.29. The van der Waals surface area contributed by atoms with E-state index in [4.69, 9.17) is 0 Å². The zero-order chi connectivity index (χ0) is 14.9. The van der Waals surface area contributed by atoms with Crippen molar-refractivity contribution in [3.05, 3.63) is 27.7 Å². The SMILES string of the molecule is CNCc1cc(C)c(Br)c(S(=O)(=O)N(C)CC2CC2)c1. The molecular formula is C14H21BrN2O2S. The van der Waals surface area contributed by atoms with Gasteiger partial charge in [-0.05, 0) is 65.9 Å². The molecule has 112 valence electrons. The second-order valence-electron chi connectivity index (χ2n) is 5.48. The van der Waals surface area contributed by atoms with Crippen molar-refractivity contribution in [2.45, 2.75) is 31.2 Å². The van der Waals surface area contributed by atoms with E-state index in [1.54, 1.807) is 13.1 Å². The highest BCUT2D eigenvalue weighted by Crippen LogP contribution is 2.33. The second-order valence-corrected chi connectivity index (χ2v) is 8.29. The zero-order valence-electron chi connectivity index (χ0n) is 12.1. The maximum absolute atomic E-state index is 12.7. The molecule has 0 atom stereocenters. The first-order valence-electron chi connectivity index (χ1n) is 6.76. The normalized spacial score (nSPS) is 15.8. The van der Waals surface area contributed by atoms with E-state index in [-0.39, 0.29) is 0 Å². The minimum absolute atomic E-state index is 0.367. The zero-order valence-corrected chi connectivity index (χ0v) is 14.5. The summed E-state index contributed by atoms with van der Waals surface area (Å²) >= 11 is 3.43. The highest BCUT2D eigenvalue weighted by molar-refractivity contribution is 9.10. The number of halogens is 1. The van der Waals surface area contributed by atoms with Crippen LogP contribution in [0.4, 0.5) is 0 Å². The van der Waals surface area contributed by atoms with Crippen LogP contribution < -0.4 is 5.32 Å². The maximum atomic E-state index is 12.7. The van der Waals surface area contributed by atoms with E-state index < -0.39 is 10.0 Å². The van der Waals surface area contributed by atoms with Gasteiger partial charge in [-0.2, -0.15) is 0 Å². The van der Waals surface area contributed by atoms with Crippen LogP contribution in [0.15, 0.2) is 21.5 Å². The largest absolute Gasteiger partial charge is 0.316 e. The summed E-state index contributed by atoms with van der Waals surface area (Å²) < 4.78 is 27.5. The molecule has 1 aromatic carbocycles. The van der Waals surface area contributed by atoms with Crippen molar-refractivity contribution in [3.63, 3.8) is 0 Å². The van der Waals surface area contributed by atoms with E-state index in [1.807, 2.05) is 20.0 Å². The molecule has 1 aliphatic rings. The standard InChI is InChI=1S/C14H21BrN2O2S/c1-10-6-12(8-16-2)7-13(14(10)15)20(18,19)17(3)9-11-4-5-11/h6-7,11,16H,4-5,8-9H2,1-3H3. The van der Waals surface area contributed by atoms with E-state index in [1.165, 1.54) is 4.31 Å². The Morgan fingerprint density at radius 3 is 2.60 bits per heavy atom. The minimum Gasteiger partial charge on any atom is -0.316 e. The number of aryl methyl sites for hydroxylation is 1. The van der Waals surface area contributed by atoms with Gasteiger partial charge in [-0.3, -0.25) is 0 Å². The van der Waals surface area contributed by atoms with E-state index in [0.717, 1.165) is 24.0 Å². The van der Waals surface area contributed by atoms with Gasteiger partial charge in [-0.15, -0.1) is 0 Å². The lowest BCUT2D eigenvalue weighted by Gasteiger charge is -2.19. The van der Waals surface area contributed by atoms with Gasteiger partial charge in [0.15, 0.2) is 0 Å². The number of nitrogens with zero attached hydrogens (tertiary/aromatic N) is 1. The number of benzene rings is 1. The molecule has 2 rings (SSSR count). The van der Waals surface area contributed by atoms with Crippen LogP contribution in [0.3, 0.4) is 0 Å². The Morgan fingerprint density at radius 1 is 1.40 bits per heavy atom. The molecule has 0 radical (unpaired) electrons. The van der Waals surface area contributed by atoms with Crippen LogP contribution in [0.2, 0.25) is 0 Å². The first-order valence-corrected chi connectivity index (χ1v) is 8.99. The van der Waals surface area contributed by atoms with Gasteiger partial charge in [0.05, 0.1) is 4.90 Å². The number of nitrogens with one attached hydrogen (secondary N) is 1. The second kappa shape index (κ2) is 6.13. The third-order valence-electron chi connectivity index (χ3n) is 3.56. The number of hydrogen-bond donors (Lipinski definition) is 1. The molecule has 1 fully saturated rings. The lowest BCUT2D eigenvalue weighted by molar-refractivity contribution is 0.452. The Bertz CT molecular complexity index is 597. The molecule has 1 N–H and O–H groups in total.